The van der Waals surface area contributed by atoms with E-state index in [9.17, 15) is 9.59 Å². The molecule has 5 nitrogen and oxygen atoms in total. The SMILES string of the molecule is CCN(CC(=O)Nc1ccccc1C)CC(C)C(=O)O. The highest BCUT2D eigenvalue weighted by atomic mass is 16.4. The molecule has 5 heteroatoms. The Morgan fingerprint density at radius 1 is 1.35 bits per heavy atom. The van der Waals surface area contributed by atoms with Gasteiger partial charge in [0.25, 0.3) is 0 Å². The third kappa shape index (κ3) is 5.01. The summed E-state index contributed by atoms with van der Waals surface area (Å²) in [5.41, 5.74) is 1.79. The number of carboxylic acids is 1. The fraction of sp³-hybridized carbons (Fsp3) is 0.467. The minimum atomic E-state index is -0.845. The molecule has 1 atom stereocenters. The molecule has 0 fully saturated rings. The van der Waals surface area contributed by atoms with Crippen LogP contribution >= 0.6 is 0 Å². The quantitative estimate of drug-likeness (QED) is 0.800. The standard InChI is InChI=1S/C15H22N2O3/c1-4-17(9-12(3)15(19)20)10-14(18)16-13-8-6-5-7-11(13)2/h5-8,12H,4,9-10H2,1-3H3,(H,16,18)(H,19,20). The van der Waals surface area contributed by atoms with Crippen LogP contribution < -0.4 is 5.32 Å². The summed E-state index contributed by atoms with van der Waals surface area (Å²) in [6.45, 7) is 6.69. The summed E-state index contributed by atoms with van der Waals surface area (Å²) < 4.78 is 0. The number of carboxylic acid groups (broad SMARTS) is 1. The van der Waals surface area contributed by atoms with Crippen molar-refractivity contribution < 1.29 is 14.7 Å². The van der Waals surface area contributed by atoms with Gasteiger partial charge in [0, 0.05) is 12.2 Å². The zero-order valence-electron chi connectivity index (χ0n) is 12.2. The number of anilines is 1. The molecule has 0 saturated carbocycles. The van der Waals surface area contributed by atoms with Gasteiger partial charge in [-0.15, -0.1) is 0 Å². The first-order valence-corrected chi connectivity index (χ1v) is 6.74. The van der Waals surface area contributed by atoms with Crippen LogP contribution in [0.5, 0.6) is 0 Å². The van der Waals surface area contributed by atoms with E-state index in [1.54, 1.807) is 6.92 Å². The zero-order chi connectivity index (χ0) is 15.1. The fourth-order valence-corrected chi connectivity index (χ4v) is 1.88. The van der Waals surface area contributed by atoms with Gasteiger partial charge in [-0.2, -0.15) is 0 Å². The second-order valence-electron chi connectivity index (χ2n) is 4.93. The van der Waals surface area contributed by atoms with Crippen LogP contribution in [-0.4, -0.2) is 41.5 Å². The zero-order valence-corrected chi connectivity index (χ0v) is 12.2. The highest BCUT2D eigenvalue weighted by molar-refractivity contribution is 5.92. The van der Waals surface area contributed by atoms with Gasteiger partial charge in [-0.25, -0.2) is 0 Å². The van der Waals surface area contributed by atoms with E-state index in [1.165, 1.54) is 0 Å². The van der Waals surface area contributed by atoms with E-state index >= 15 is 0 Å². The lowest BCUT2D eigenvalue weighted by molar-refractivity contribution is -0.142. The molecular weight excluding hydrogens is 256 g/mol. The van der Waals surface area contributed by atoms with Crippen molar-refractivity contribution in [1.82, 2.24) is 4.90 Å². The number of carbonyl (C=O) groups is 2. The van der Waals surface area contributed by atoms with Crippen LogP contribution in [0.1, 0.15) is 19.4 Å². The number of rotatable bonds is 7. The van der Waals surface area contributed by atoms with Crippen LogP contribution in [0.25, 0.3) is 0 Å². The summed E-state index contributed by atoms with van der Waals surface area (Å²) in [6.07, 6.45) is 0. The Kier molecular flexibility index (Phi) is 6.18. The second kappa shape index (κ2) is 7.65. The predicted octanol–water partition coefficient (Wildman–Crippen LogP) is 1.98. The Morgan fingerprint density at radius 3 is 2.55 bits per heavy atom. The normalized spacial score (nSPS) is 12.2. The van der Waals surface area contributed by atoms with E-state index < -0.39 is 11.9 Å². The number of nitrogens with zero attached hydrogens (tertiary/aromatic N) is 1. The first kappa shape index (κ1) is 16.2. The lowest BCUT2D eigenvalue weighted by atomic mass is 10.1. The number of hydrogen-bond donors (Lipinski definition) is 2. The van der Waals surface area contributed by atoms with E-state index in [1.807, 2.05) is 43.0 Å². The number of aliphatic carboxylic acids is 1. The van der Waals surface area contributed by atoms with Gasteiger partial charge in [-0.1, -0.05) is 32.0 Å². The third-order valence-corrected chi connectivity index (χ3v) is 3.19. The van der Waals surface area contributed by atoms with Gasteiger partial charge in [-0.05, 0) is 25.1 Å². The van der Waals surface area contributed by atoms with Gasteiger partial charge in [0.2, 0.25) is 5.91 Å². The lowest BCUT2D eigenvalue weighted by Crippen LogP contribution is -2.37. The van der Waals surface area contributed by atoms with E-state index in [0.29, 0.717) is 13.1 Å². The van der Waals surface area contributed by atoms with Crippen LogP contribution in [0.4, 0.5) is 5.69 Å². The largest absolute Gasteiger partial charge is 0.481 e. The molecule has 0 spiro atoms. The summed E-state index contributed by atoms with van der Waals surface area (Å²) in [7, 11) is 0. The van der Waals surface area contributed by atoms with Crippen LogP contribution in [0.2, 0.25) is 0 Å². The average Bonchev–Trinajstić information content (AvgIpc) is 2.40. The highest BCUT2D eigenvalue weighted by Gasteiger charge is 2.17. The number of para-hydroxylation sites is 1. The smallest absolute Gasteiger partial charge is 0.307 e. The maximum absolute atomic E-state index is 12.0. The monoisotopic (exact) mass is 278 g/mol. The van der Waals surface area contributed by atoms with Crippen LogP contribution in [0.3, 0.4) is 0 Å². The van der Waals surface area contributed by atoms with E-state index in [4.69, 9.17) is 5.11 Å². The maximum atomic E-state index is 12.0. The summed E-state index contributed by atoms with van der Waals surface area (Å²) in [5.74, 6) is -1.46. The molecule has 110 valence electrons. The Bertz CT molecular complexity index is 474. The highest BCUT2D eigenvalue weighted by Crippen LogP contribution is 2.13. The molecule has 1 aromatic rings. The molecule has 0 aliphatic heterocycles. The van der Waals surface area contributed by atoms with E-state index in [2.05, 4.69) is 5.32 Å². The molecule has 2 N–H and O–H groups in total. The van der Waals surface area contributed by atoms with Crippen molar-refractivity contribution in [3.8, 4) is 0 Å². The minimum absolute atomic E-state index is 0.126. The average molecular weight is 278 g/mol. The van der Waals surface area contributed by atoms with Gasteiger partial charge >= 0.3 is 5.97 Å². The minimum Gasteiger partial charge on any atom is -0.481 e. The van der Waals surface area contributed by atoms with E-state index in [0.717, 1.165) is 11.3 Å². The first-order chi connectivity index (χ1) is 9.43. The molecule has 1 amide bonds. The number of nitrogens with one attached hydrogen (secondary N) is 1. The molecule has 0 heterocycles. The Hall–Kier alpha value is -1.88. The van der Waals surface area contributed by atoms with Crippen molar-refractivity contribution in [2.24, 2.45) is 5.92 Å². The molecule has 0 bridgehead atoms. The van der Waals surface area contributed by atoms with Crippen LogP contribution in [0, 0.1) is 12.8 Å². The van der Waals surface area contributed by atoms with Crippen molar-refractivity contribution in [3.63, 3.8) is 0 Å². The van der Waals surface area contributed by atoms with Crippen molar-refractivity contribution in [3.05, 3.63) is 29.8 Å². The summed E-state index contributed by atoms with van der Waals surface area (Å²) in [5, 5.41) is 11.8. The molecule has 0 aliphatic carbocycles. The molecule has 20 heavy (non-hydrogen) atoms. The number of aryl methyl sites for hydroxylation is 1. The summed E-state index contributed by atoms with van der Waals surface area (Å²) in [6, 6.07) is 7.56. The van der Waals surface area contributed by atoms with Gasteiger partial charge in [0.05, 0.1) is 12.5 Å². The first-order valence-electron chi connectivity index (χ1n) is 6.74. The number of benzene rings is 1. The maximum Gasteiger partial charge on any atom is 0.307 e. The Balaban J connectivity index is 2.55. The van der Waals surface area contributed by atoms with Gasteiger partial charge in [0.15, 0.2) is 0 Å². The topological polar surface area (TPSA) is 69.6 Å². The van der Waals surface area contributed by atoms with Crippen LogP contribution in [-0.2, 0) is 9.59 Å². The van der Waals surface area contributed by atoms with Crippen molar-refractivity contribution in [2.45, 2.75) is 20.8 Å². The van der Waals surface area contributed by atoms with Gasteiger partial charge in [0.1, 0.15) is 0 Å². The van der Waals surface area contributed by atoms with E-state index in [-0.39, 0.29) is 12.5 Å². The lowest BCUT2D eigenvalue weighted by Gasteiger charge is -2.22. The predicted molar refractivity (Wildman–Crippen MR) is 78.7 cm³/mol. The molecule has 1 aromatic carbocycles. The summed E-state index contributed by atoms with van der Waals surface area (Å²) >= 11 is 0. The molecule has 0 radical (unpaired) electrons. The molecule has 0 aromatic heterocycles. The number of amides is 1. The van der Waals surface area contributed by atoms with Crippen molar-refractivity contribution in [1.29, 1.82) is 0 Å². The Morgan fingerprint density at radius 2 is 2.00 bits per heavy atom. The number of carbonyl (C=O) groups excluding carboxylic acids is 1. The van der Waals surface area contributed by atoms with Crippen LogP contribution in [0.15, 0.2) is 24.3 Å². The summed E-state index contributed by atoms with van der Waals surface area (Å²) in [4.78, 5) is 24.7. The molecule has 1 unspecified atom stereocenters. The second-order valence-corrected chi connectivity index (χ2v) is 4.93. The molecule has 0 saturated heterocycles. The Labute approximate surface area is 119 Å². The fourth-order valence-electron chi connectivity index (χ4n) is 1.88. The van der Waals surface area contributed by atoms with Crippen molar-refractivity contribution >= 4 is 17.6 Å². The molecular formula is C15H22N2O3. The molecule has 0 aliphatic rings. The molecule has 1 rings (SSSR count). The third-order valence-electron chi connectivity index (χ3n) is 3.19. The van der Waals surface area contributed by atoms with Gasteiger partial charge < -0.3 is 10.4 Å². The van der Waals surface area contributed by atoms with Crippen molar-refractivity contribution in [2.75, 3.05) is 25.0 Å². The number of likely N-dealkylation sites (N-methyl/N-ethyl adjacent to an activating group) is 1. The van der Waals surface area contributed by atoms with Gasteiger partial charge in [-0.3, -0.25) is 14.5 Å². The number of hydrogen-bond acceptors (Lipinski definition) is 3.